The second-order valence-corrected chi connectivity index (χ2v) is 3.72. The molecular formula is C14H11N3. The van der Waals surface area contributed by atoms with Crippen LogP contribution < -0.4 is 5.32 Å². The topological polar surface area (TPSA) is 37.8 Å². The molecule has 3 heteroatoms. The first-order valence-electron chi connectivity index (χ1n) is 5.45. The van der Waals surface area contributed by atoms with Crippen molar-refractivity contribution < 1.29 is 0 Å². The van der Waals surface area contributed by atoms with Gasteiger partial charge in [-0.2, -0.15) is 0 Å². The molecule has 0 unspecified atom stereocenters. The first-order valence-corrected chi connectivity index (χ1v) is 5.45. The predicted molar refractivity (Wildman–Crippen MR) is 69.3 cm³/mol. The zero-order valence-corrected chi connectivity index (χ0v) is 9.17. The van der Waals surface area contributed by atoms with Gasteiger partial charge < -0.3 is 5.32 Å². The van der Waals surface area contributed by atoms with Crippen molar-refractivity contribution in [3.8, 4) is 0 Å². The summed E-state index contributed by atoms with van der Waals surface area (Å²) in [5.41, 5.74) is 2.00. The molecule has 0 spiro atoms. The number of para-hydroxylation sites is 1. The van der Waals surface area contributed by atoms with E-state index in [4.69, 9.17) is 0 Å². The minimum atomic E-state index is 0.837. The first-order chi connectivity index (χ1) is 8.43. The number of hydrogen-bond donors (Lipinski definition) is 1. The van der Waals surface area contributed by atoms with Crippen LogP contribution in [0.5, 0.6) is 0 Å². The second-order valence-electron chi connectivity index (χ2n) is 3.72. The molecule has 1 N–H and O–H groups in total. The zero-order chi connectivity index (χ0) is 11.5. The smallest absolute Gasteiger partial charge is 0.130 e. The lowest BCUT2D eigenvalue weighted by atomic mass is 10.2. The van der Waals surface area contributed by atoms with Gasteiger partial charge in [-0.25, -0.2) is 4.98 Å². The van der Waals surface area contributed by atoms with Crippen LogP contribution in [0.2, 0.25) is 0 Å². The van der Waals surface area contributed by atoms with Gasteiger partial charge in [0.2, 0.25) is 0 Å². The highest BCUT2D eigenvalue weighted by molar-refractivity contribution is 5.92. The number of aromatic nitrogens is 2. The Kier molecular flexibility index (Phi) is 2.43. The number of anilines is 2. The SMILES string of the molecule is c1ccc(Nc2ccnc3ccccc23)nc1. The van der Waals surface area contributed by atoms with Gasteiger partial charge in [0.15, 0.2) is 0 Å². The van der Waals surface area contributed by atoms with Gasteiger partial charge >= 0.3 is 0 Å². The van der Waals surface area contributed by atoms with Gasteiger partial charge in [0.25, 0.3) is 0 Å². The van der Waals surface area contributed by atoms with Crippen LogP contribution in [0, 0.1) is 0 Å². The Morgan fingerprint density at radius 2 is 1.65 bits per heavy atom. The molecule has 3 aromatic rings. The van der Waals surface area contributed by atoms with Crippen LogP contribution in [0.3, 0.4) is 0 Å². The number of nitrogens with zero attached hydrogens (tertiary/aromatic N) is 2. The van der Waals surface area contributed by atoms with Crippen molar-refractivity contribution in [3.63, 3.8) is 0 Å². The molecule has 0 saturated carbocycles. The molecule has 0 fully saturated rings. The van der Waals surface area contributed by atoms with Crippen molar-refractivity contribution in [3.05, 3.63) is 60.9 Å². The Labute approximate surface area is 99.2 Å². The third kappa shape index (κ3) is 1.95. The minimum absolute atomic E-state index is 0.837. The largest absolute Gasteiger partial charge is 0.340 e. The van der Waals surface area contributed by atoms with Crippen molar-refractivity contribution in [2.45, 2.75) is 0 Å². The Morgan fingerprint density at radius 1 is 0.765 bits per heavy atom. The van der Waals surface area contributed by atoms with Gasteiger partial charge in [0, 0.05) is 17.8 Å². The van der Waals surface area contributed by atoms with Crippen LogP contribution in [0.15, 0.2) is 60.9 Å². The number of pyridine rings is 2. The molecule has 2 aromatic heterocycles. The van der Waals surface area contributed by atoms with Crippen LogP contribution in [0.1, 0.15) is 0 Å². The highest BCUT2D eigenvalue weighted by atomic mass is 15.0. The Hall–Kier alpha value is -2.42. The summed E-state index contributed by atoms with van der Waals surface area (Å²) in [6.45, 7) is 0. The summed E-state index contributed by atoms with van der Waals surface area (Å²) in [6.07, 6.45) is 3.57. The van der Waals surface area contributed by atoms with E-state index in [2.05, 4.69) is 15.3 Å². The number of rotatable bonds is 2. The molecule has 0 aliphatic heterocycles. The average Bonchev–Trinajstić information content (AvgIpc) is 2.40. The molecule has 82 valence electrons. The van der Waals surface area contributed by atoms with E-state index in [9.17, 15) is 0 Å². The zero-order valence-electron chi connectivity index (χ0n) is 9.17. The summed E-state index contributed by atoms with van der Waals surface area (Å²) in [7, 11) is 0. The molecule has 0 saturated heterocycles. The van der Waals surface area contributed by atoms with E-state index < -0.39 is 0 Å². The lowest BCUT2D eigenvalue weighted by Crippen LogP contribution is -1.94. The van der Waals surface area contributed by atoms with E-state index in [0.717, 1.165) is 22.4 Å². The van der Waals surface area contributed by atoms with Gasteiger partial charge in [-0.15, -0.1) is 0 Å². The molecule has 3 rings (SSSR count). The molecule has 1 aromatic carbocycles. The lowest BCUT2D eigenvalue weighted by Gasteiger charge is -2.07. The van der Waals surface area contributed by atoms with Gasteiger partial charge in [-0.1, -0.05) is 24.3 Å². The summed E-state index contributed by atoms with van der Waals surface area (Å²) >= 11 is 0. The normalized spacial score (nSPS) is 10.4. The first kappa shape index (κ1) is 9.78. The fraction of sp³-hybridized carbons (Fsp3) is 0. The fourth-order valence-corrected chi connectivity index (χ4v) is 1.78. The monoisotopic (exact) mass is 221 g/mol. The Morgan fingerprint density at radius 3 is 2.53 bits per heavy atom. The van der Waals surface area contributed by atoms with Crippen LogP contribution in [-0.2, 0) is 0 Å². The summed E-state index contributed by atoms with van der Waals surface area (Å²) in [4.78, 5) is 8.57. The van der Waals surface area contributed by atoms with E-state index in [-0.39, 0.29) is 0 Å². The third-order valence-corrected chi connectivity index (χ3v) is 2.58. The van der Waals surface area contributed by atoms with Gasteiger partial charge in [-0.3, -0.25) is 4.98 Å². The van der Waals surface area contributed by atoms with E-state index in [1.165, 1.54) is 0 Å². The van der Waals surface area contributed by atoms with Crippen LogP contribution in [0.4, 0.5) is 11.5 Å². The minimum Gasteiger partial charge on any atom is -0.340 e. The Bertz CT molecular complexity index is 630. The van der Waals surface area contributed by atoms with E-state index in [1.807, 2.05) is 48.5 Å². The molecule has 17 heavy (non-hydrogen) atoms. The lowest BCUT2D eigenvalue weighted by molar-refractivity contribution is 1.31. The fourth-order valence-electron chi connectivity index (χ4n) is 1.78. The predicted octanol–water partition coefficient (Wildman–Crippen LogP) is 3.37. The van der Waals surface area contributed by atoms with Gasteiger partial charge in [0.05, 0.1) is 11.2 Å². The molecule has 2 heterocycles. The quantitative estimate of drug-likeness (QED) is 0.721. The third-order valence-electron chi connectivity index (χ3n) is 2.58. The molecule has 0 radical (unpaired) electrons. The molecule has 3 nitrogen and oxygen atoms in total. The summed E-state index contributed by atoms with van der Waals surface area (Å²) in [5.74, 6) is 0.837. The van der Waals surface area contributed by atoms with E-state index in [0.29, 0.717) is 0 Å². The number of hydrogen-bond acceptors (Lipinski definition) is 3. The maximum Gasteiger partial charge on any atom is 0.130 e. The molecular weight excluding hydrogens is 210 g/mol. The average molecular weight is 221 g/mol. The number of benzene rings is 1. The molecule has 0 bridgehead atoms. The van der Waals surface area contributed by atoms with Crippen molar-refractivity contribution in [1.82, 2.24) is 9.97 Å². The molecule has 0 atom stereocenters. The summed E-state index contributed by atoms with van der Waals surface area (Å²) in [6, 6.07) is 15.8. The van der Waals surface area contributed by atoms with Crippen LogP contribution in [0.25, 0.3) is 10.9 Å². The second kappa shape index (κ2) is 4.22. The maximum absolute atomic E-state index is 4.32. The highest BCUT2D eigenvalue weighted by Gasteiger charge is 2.01. The molecule has 0 aliphatic rings. The van der Waals surface area contributed by atoms with Crippen LogP contribution >= 0.6 is 0 Å². The van der Waals surface area contributed by atoms with Crippen molar-refractivity contribution in [2.24, 2.45) is 0 Å². The summed E-state index contributed by atoms with van der Waals surface area (Å²) < 4.78 is 0. The summed E-state index contributed by atoms with van der Waals surface area (Å²) in [5, 5.41) is 4.39. The maximum atomic E-state index is 4.32. The van der Waals surface area contributed by atoms with Crippen molar-refractivity contribution >= 4 is 22.4 Å². The van der Waals surface area contributed by atoms with Crippen LogP contribution in [-0.4, -0.2) is 9.97 Å². The molecule has 0 aliphatic carbocycles. The van der Waals surface area contributed by atoms with Crippen molar-refractivity contribution in [2.75, 3.05) is 5.32 Å². The highest BCUT2D eigenvalue weighted by Crippen LogP contribution is 2.23. The van der Waals surface area contributed by atoms with E-state index in [1.54, 1.807) is 12.4 Å². The van der Waals surface area contributed by atoms with E-state index >= 15 is 0 Å². The number of nitrogens with one attached hydrogen (secondary N) is 1. The van der Waals surface area contributed by atoms with Gasteiger partial charge in [-0.05, 0) is 24.3 Å². The molecule has 0 amide bonds. The standard InChI is InChI=1S/C14H11N3/c1-2-6-12-11(5-1)13(8-10-15-12)17-14-7-3-4-9-16-14/h1-10H,(H,15,16,17). The van der Waals surface area contributed by atoms with Gasteiger partial charge in [0.1, 0.15) is 5.82 Å². The van der Waals surface area contributed by atoms with Crippen molar-refractivity contribution in [1.29, 1.82) is 0 Å². The Balaban J connectivity index is 2.06. The number of fused-ring (bicyclic) bond motifs is 1.